The van der Waals surface area contributed by atoms with Crippen LogP contribution in [0.25, 0.3) is 10.9 Å². The van der Waals surface area contributed by atoms with Gasteiger partial charge < -0.3 is 14.5 Å². The molecule has 7 heteroatoms. The second kappa shape index (κ2) is 6.32. The van der Waals surface area contributed by atoms with Crippen molar-refractivity contribution in [2.24, 2.45) is 5.92 Å². The molecule has 2 bridgehead atoms. The summed E-state index contributed by atoms with van der Waals surface area (Å²) in [5.41, 5.74) is 1.70. The lowest BCUT2D eigenvalue weighted by molar-refractivity contribution is -0.133. The molecule has 1 aromatic carbocycles. The number of benzene rings is 1. The first kappa shape index (κ1) is 16.9. The van der Waals surface area contributed by atoms with Gasteiger partial charge in [0.2, 0.25) is 5.91 Å². The highest BCUT2D eigenvalue weighted by molar-refractivity contribution is 6.06. The summed E-state index contributed by atoms with van der Waals surface area (Å²) in [7, 11) is 1.75. The van der Waals surface area contributed by atoms with Gasteiger partial charge in [0.05, 0.1) is 36.3 Å². The maximum atomic E-state index is 13.8. The third kappa shape index (κ3) is 2.82. The lowest BCUT2D eigenvalue weighted by Gasteiger charge is -2.29. The summed E-state index contributed by atoms with van der Waals surface area (Å²) >= 11 is 0. The molecule has 6 nitrogen and oxygen atoms in total. The summed E-state index contributed by atoms with van der Waals surface area (Å²) in [6.45, 7) is 3.23. The van der Waals surface area contributed by atoms with Crippen LogP contribution in [0.5, 0.6) is 0 Å². The first-order valence-corrected chi connectivity index (χ1v) is 8.64. The van der Waals surface area contributed by atoms with Gasteiger partial charge in [0.15, 0.2) is 0 Å². The SMILES string of the molecule is Cc1cc(C(=O)N2C[C@@H]3COC[C@H](C2)N(C)C3=O)c2cc(F)ccc2n1. The molecule has 0 radical (unpaired) electrons. The third-order valence-electron chi connectivity index (χ3n) is 5.16. The van der Waals surface area contributed by atoms with E-state index in [0.29, 0.717) is 48.5 Å². The molecule has 0 spiro atoms. The van der Waals surface area contributed by atoms with Crippen LogP contribution in [0.4, 0.5) is 4.39 Å². The number of halogens is 1. The molecule has 2 aromatic rings. The van der Waals surface area contributed by atoms with Gasteiger partial charge in [0.1, 0.15) is 5.82 Å². The van der Waals surface area contributed by atoms with Crippen LogP contribution in [0.2, 0.25) is 0 Å². The maximum Gasteiger partial charge on any atom is 0.254 e. The standard InChI is InChI=1S/C19H20FN3O3/c1-11-5-16(15-6-13(20)3-4-17(15)21-11)19(25)23-7-12-9-26-10-14(8-23)22(2)18(12)24/h3-6,12,14H,7-10H2,1-2H3/t12-,14+/m1/s1. The average Bonchev–Trinajstić information content (AvgIpc) is 2.79. The lowest BCUT2D eigenvalue weighted by atomic mass is 10.0. The zero-order valence-corrected chi connectivity index (χ0v) is 14.7. The van der Waals surface area contributed by atoms with Crippen LogP contribution in [0.15, 0.2) is 24.3 Å². The number of ether oxygens (including phenoxy) is 1. The number of amides is 2. The molecular weight excluding hydrogens is 337 g/mol. The summed E-state index contributed by atoms with van der Waals surface area (Å²) < 4.78 is 19.3. The van der Waals surface area contributed by atoms with E-state index in [9.17, 15) is 14.0 Å². The van der Waals surface area contributed by atoms with E-state index in [1.807, 2.05) is 6.92 Å². The Morgan fingerprint density at radius 2 is 2.08 bits per heavy atom. The average molecular weight is 357 g/mol. The molecule has 4 rings (SSSR count). The molecule has 2 amide bonds. The predicted octanol–water partition coefficient (Wildman–Crippen LogP) is 1.61. The Morgan fingerprint density at radius 3 is 2.88 bits per heavy atom. The fourth-order valence-corrected chi connectivity index (χ4v) is 3.74. The van der Waals surface area contributed by atoms with Crippen molar-refractivity contribution in [3.8, 4) is 0 Å². The number of aryl methyl sites for hydroxylation is 1. The number of hydrogen-bond donors (Lipinski definition) is 0. The molecule has 0 aliphatic carbocycles. The number of fused-ring (bicyclic) bond motifs is 4. The van der Waals surface area contributed by atoms with Crippen LogP contribution in [-0.4, -0.2) is 66.0 Å². The van der Waals surface area contributed by atoms with Crippen molar-refractivity contribution in [3.05, 3.63) is 41.3 Å². The number of nitrogens with zero attached hydrogens (tertiary/aromatic N) is 3. The third-order valence-corrected chi connectivity index (χ3v) is 5.16. The molecule has 0 N–H and O–H groups in total. The normalized spacial score (nSPS) is 23.3. The van der Waals surface area contributed by atoms with Crippen molar-refractivity contribution in [1.29, 1.82) is 0 Å². The topological polar surface area (TPSA) is 62.7 Å². The monoisotopic (exact) mass is 357 g/mol. The van der Waals surface area contributed by atoms with E-state index in [2.05, 4.69) is 4.98 Å². The van der Waals surface area contributed by atoms with Gasteiger partial charge in [-0.05, 0) is 31.2 Å². The van der Waals surface area contributed by atoms with Crippen LogP contribution in [0, 0.1) is 18.7 Å². The molecule has 136 valence electrons. The van der Waals surface area contributed by atoms with Crippen LogP contribution in [0.1, 0.15) is 16.1 Å². The van der Waals surface area contributed by atoms with Crippen LogP contribution in [-0.2, 0) is 9.53 Å². The van der Waals surface area contributed by atoms with Gasteiger partial charge in [-0.2, -0.15) is 0 Å². The molecule has 0 saturated carbocycles. The number of pyridine rings is 1. The van der Waals surface area contributed by atoms with E-state index in [0.717, 1.165) is 0 Å². The van der Waals surface area contributed by atoms with Gasteiger partial charge in [-0.3, -0.25) is 14.6 Å². The van der Waals surface area contributed by atoms with Gasteiger partial charge in [-0.1, -0.05) is 0 Å². The van der Waals surface area contributed by atoms with Crippen molar-refractivity contribution in [3.63, 3.8) is 0 Å². The quantitative estimate of drug-likeness (QED) is 0.778. The summed E-state index contributed by atoms with van der Waals surface area (Å²) in [5.74, 6) is -0.980. The van der Waals surface area contributed by atoms with Crippen molar-refractivity contribution < 1.29 is 18.7 Å². The lowest BCUT2D eigenvalue weighted by Crippen LogP contribution is -2.45. The highest BCUT2D eigenvalue weighted by Crippen LogP contribution is 2.25. The number of hydrogen-bond acceptors (Lipinski definition) is 4. The van der Waals surface area contributed by atoms with Gasteiger partial charge in [-0.15, -0.1) is 0 Å². The molecule has 3 heterocycles. The summed E-state index contributed by atoms with van der Waals surface area (Å²) in [5, 5.41) is 0.492. The number of likely N-dealkylation sites (N-methyl/N-ethyl adjacent to an activating group) is 1. The Morgan fingerprint density at radius 1 is 1.27 bits per heavy atom. The molecule has 2 saturated heterocycles. The van der Waals surface area contributed by atoms with Gasteiger partial charge >= 0.3 is 0 Å². The fourth-order valence-electron chi connectivity index (χ4n) is 3.74. The van der Waals surface area contributed by atoms with E-state index < -0.39 is 5.82 Å². The van der Waals surface area contributed by atoms with Crippen molar-refractivity contribution in [1.82, 2.24) is 14.8 Å². The second-order valence-corrected chi connectivity index (χ2v) is 7.02. The Balaban J connectivity index is 1.75. The first-order chi connectivity index (χ1) is 12.4. The van der Waals surface area contributed by atoms with Gasteiger partial charge in [0.25, 0.3) is 5.91 Å². The van der Waals surface area contributed by atoms with Crippen molar-refractivity contribution in [2.45, 2.75) is 13.0 Å². The maximum absolute atomic E-state index is 13.8. The van der Waals surface area contributed by atoms with Crippen molar-refractivity contribution in [2.75, 3.05) is 33.4 Å². The molecule has 26 heavy (non-hydrogen) atoms. The van der Waals surface area contributed by atoms with Crippen molar-refractivity contribution >= 4 is 22.7 Å². The predicted molar refractivity (Wildman–Crippen MR) is 93.2 cm³/mol. The van der Waals surface area contributed by atoms with Crippen LogP contribution >= 0.6 is 0 Å². The van der Waals surface area contributed by atoms with E-state index >= 15 is 0 Å². The molecule has 2 aliphatic rings. The highest BCUT2D eigenvalue weighted by atomic mass is 19.1. The minimum absolute atomic E-state index is 0.00427. The van der Waals surface area contributed by atoms with Gasteiger partial charge in [-0.25, -0.2) is 4.39 Å². The van der Waals surface area contributed by atoms with E-state index in [-0.39, 0.29) is 23.8 Å². The second-order valence-electron chi connectivity index (χ2n) is 7.02. The molecule has 2 aliphatic heterocycles. The van der Waals surface area contributed by atoms with Crippen LogP contribution in [0.3, 0.4) is 0 Å². The largest absolute Gasteiger partial charge is 0.378 e. The minimum atomic E-state index is -0.409. The molecule has 2 atom stereocenters. The number of carbonyl (C=O) groups is 2. The zero-order valence-electron chi connectivity index (χ0n) is 14.7. The molecular formula is C19H20FN3O3. The Hall–Kier alpha value is -2.54. The number of aromatic nitrogens is 1. The number of rotatable bonds is 1. The van der Waals surface area contributed by atoms with Gasteiger partial charge in [0, 0.05) is 31.2 Å². The fraction of sp³-hybridized carbons (Fsp3) is 0.421. The molecule has 1 aromatic heterocycles. The Kier molecular flexibility index (Phi) is 4.11. The summed E-state index contributed by atoms with van der Waals surface area (Å²) in [4.78, 5) is 33.5. The Bertz CT molecular complexity index is 901. The highest BCUT2D eigenvalue weighted by Gasteiger charge is 2.39. The molecule has 2 fully saturated rings. The van der Waals surface area contributed by atoms with E-state index in [1.165, 1.54) is 12.1 Å². The number of carbonyl (C=O) groups excluding carboxylic acids is 2. The van der Waals surface area contributed by atoms with E-state index in [4.69, 9.17) is 4.74 Å². The van der Waals surface area contributed by atoms with E-state index in [1.54, 1.807) is 29.0 Å². The zero-order chi connectivity index (χ0) is 18.4. The molecule has 0 unspecified atom stereocenters. The summed E-state index contributed by atoms with van der Waals surface area (Å²) in [6.07, 6.45) is 0. The minimum Gasteiger partial charge on any atom is -0.378 e. The summed E-state index contributed by atoms with van der Waals surface area (Å²) in [6, 6.07) is 5.77. The van der Waals surface area contributed by atoms with Crippen LogP contribution < -0.4 is 0 Å². The Labute approximate surface area is 150 Å². The first-order valence-electron chi connectivity index (χ1n) is 8.64. The smallest absolute Gasteiger partial charge is 0.254 e.